The van der Waals surface area contributed by atoms with E-state index in [1.54, 1.807) is 38.1 Å². The first-order valence-corrected chi connectivity index (χ1v) is 13.7. The molecule has 0 heterocycles. The van der Waals surface area contributed by atoms with Crippen LogP contribution in [-0.2, 0) is 34.7 Å². The average Bonchev–Trinajstić information content (AvgIpc) is 2.92. The zero-order valence-corrected chi connectivity index (χ0v) is 24.3. The Kier molecular flexibility index (Phi) is 9.90. The van der Waals surface area contributed by atoms with E-state index in [1.165, 1.54) is 11.6 Å². The highest BCUT2D eigenvalue weighted by Crippen LogP contribution is 2.46. The fourth-order valence-electron chi connectivity index (χ4n) is 4.69. The number of hydrogen-bond acceptors (Lipinski definition) is 7. The molecule has 1 N–H and O–H groups in total. The van der Waals surface area contributed by atoms with Crippen molar-refractivity contribution in [1.82, 2.24) is 0 Å². The molecule has 3 rings (SSSR count). The molecule has 40 heavy (non-hydrogen) atoms. The summed E-state index contributed by atoms with van der Waals surface area (Å²) in [4.78, 5) is 43.6. The van der Waals surface area contributed by atoms with E-state index in [2.05, 4.69) is 50.8 Å². The van der Waals surface area contributed by atoms with Gasteiger partial charge in [0.2, 0.25) is 6.10 Å². The lowest BCUT2D eigenvalue weighted by molar-refractivity contribution is -0.157. The molecule has 1 unspecified atom stereocenters. The number of nitrogens with one attached hydrogen (secondary N) is 1. The Morgan fingerprint density at radius 2 is 1.57 bits per heavy atom. The minimum atomic E-state index is -0.948. The summed E-state index contributed by atoms with van der Waals surface area (Å²) in [6.07, 6.45) is 2.94. The summed E-state index contributed by atoms with van der Waals surface area (Å²) in [6.45, 7) is 16.2. The van der Waals surface area contributed by atoms with Crippen molar-refractivity contribution in [2.24, 2.45) is 5.16 Å². The highest BCUT2D eigenvalue weighted by Gasteiger charge is 2.37. The van der Waals surface area contributed by atoms with E-state index < -0.39 is 23.9 Å². The third-order valence-electron chi connectivity index (χ3n) is 7.24. The van der Waals surface area contributed by atoms with Crippen molar-refractivity contribution in [2.75, 3.05) is 18.5 Å². The fourth-order valence-corrected chi connectivity index (χ4v) is 4.69. The van der Waals surface area contributed by atoms with Crippen molar-refractivity contribution in [3.05, 3.63) is 77.4 Å². The molecule has 1 aliphatic carbocycles. The van der Waals surface area contributed by atoms with Gasteiger partial charge in [0.1, 0.15) is 6.61 Å². The molecule has 0 radical (unpaired) electrons. The SMILES string of the molecule is C=CCOC(=O)c1ccc(NC(=O)C(=NOC(CC)C(=O)OCC)c2ccc3c(c2)C(C)(C)CCC3(C)C)cc1. The van der Waals surface area contributed by atoms with Crippen LogP contribution in [0, 0.1) is 0 Å². The quantitative estimate of drug-likeness (QED) is 0.158. The maximum Gasteiger partial charge on any atom is 0.350 e. The monoisotopic (exact) mass is 548 g/mol. The zero-order valence-electron chi connectivity index (χ0n) is 24.3. The van der Waals surface area contributed by atoms with Gasteiger partial charge in [0, 0.05) is 11.3 Å². The summed E-state index contributed by atoms with van der Waals surface area (Å²) in [5.41, 5.74) is 3.71. The van der Waals surface area contributed by atoms with Gasteiger partial charge >= 0.3 is 11.9 Å². The standard InChI is InChI=1S/C32H40N2O6/c1-8-19-39-29(36)21-11-14-23(15-12-21)33-28(35)27(34-40-26(9-2)30(37)38-10-3)22-13-16-24-25(20-22)32(6,7)18-17-31(24,4)5/h8,11-16,20,26H,1,9-10,17-19H2,2-7H3,(H,33,35). The maximum atomic E-state index is 13.6. The normalized spacial score (nSPS) is 16.2. The predicted octanol–water partition coefficient (Wildman–Crippen LogP) is 6.08. The van der Waals surface area contributed by atoms with Gasteiger partial charge in [-0.1, -0.05) is 64.6 Å². The van der Waals surface area contributed by atoms with Gasteiger partial charge in [0.05, 0.1) is 12.2 Å². The van der Waals surface area contributed by atoms with Crippen molar-refractivity contribution < 1.29 is 28.7 Å². The van der Waals surface area contributed by atoms with Crippen LogP contribution >= 0.6 is 0 Å². The van der Waals surface area contributed by atoms with Gasteiger partial charge in [-0.2, -0.15) is 0 Å². The molecule has 0 aromatic heterocycles. The van der Waals surface area contributed by atoms with E-state index in [4.69, 9.17) is 14.3 Å². The van der Waals surface area contributed by atoms with Gasteiger partial charge in [-0.05, 0) is 78.5 Å². The first-order chi connectivity index (χ1) is 18.9. The van der Waals surface area contributed by atoms with Gasteiger partial charge in [0.15, 0.2) is 5.71 Å². The van der Waals surface area contributed by atoms with Crippen molar-refractivity contribution in [1.29, 1.82) is 0 Å². The van der Waals surface area contributed by atoms with E-state index in [0.29, 0.717) is 23.2 Å². The van der Waals surface area contributed by atoms with Crippen molar-refractivity contribution in [2.45, 2.75) is 77.7 Å². The number of amides is 1. The van der Waals surface area contributed by atoms with Gasteiger partial charge in [-0.25, -0.2) is 9.59 Å². The molecule has 0 fully saturated rings. The predicted molar refractivity (Wildman–Crippen MR) is 156 cm³/mol. The smallest absolute Gasteiger partial charge is 0.350 e. The van der Waals surface area contributed by atoms with Crippen LogP contribution in [-0.4, -0.2) is 42.9 Å². The van der Waals surface area contributed by atoms with E-state index in [9.17, 15) is 14.4 Å². The molecule has 214 valence electrons. The number of nitrogens with zero attached hydrogens (tertiary/aromatic N) is 1. The topological polar surface area (TPSA) is 103 Å². The van der Waals surface area contributed by atoms with Gasteiger partial charge < -0.3 is 19.6 Å². The minimum absolute atomic E-state index is 0.00519. The van der Waals surface area contributed by atoms with Crippen LogP contribution in [0.15, 0.2) is 60.3 Å². The van der Waals surface area contributed by atoms with Crippen LogP contribution in [0.3, 0.4) is 0 Å². The number of carbonyl (C=O) groups is 3. The zero-order chi connectivity index (χ0) is 29.5. The van der Waals surface area contributed by atoms with Gasteiger partial charge in [0.25, 0.3) is 5.91 Å². The molecule has 1 amide bonds. The average molecular weight is 549 g/mol. The number of benzene rings is 2. The van der Waals surface area contributed by atoms with Crippen molar-refractivity contribution in [3.8, 4) is 0 Å². The van der Waals surface area contributed by atoms with Crippen LogP contribution in [0.2, 0.25) is 0 Å². The Morgan fingerprint density at radius 3 is 2.17 bits per heavy atom. The van der Waals surface area contributed by atoms with Crippen LogP contribution in [0.5, 0.6) is 0 Å². The second kappa shape index (κ2) is 12.9. The van der Waals surface area contributed by atoms with Crippen LogP contribution in [0.25, 0.3) is 0 Å². The Bertz CT molecular complexity index is 1280. The number of carbonyl (C=O) groups excluding carboxylic acids is 3. The number of rotatable bonds is 11. The molecule has 0 aliphatic heterocycles. The largest absolute Gasteiger partial charge is 0.463 e. The Morgan fingerprint density at radius 1 is 0.950 bits per heavy atom. The van der Waals surface area contributed by atoms with Gasteiger partial charge in [-0.3, -0.25) is 4.79 Å². The molecule has 2 aromatic rings. The number of ether oxygens (including phenoxy) is 2. The fraction of sp³-hybridized carbons (Fsp3) is 0.438. The Balaban J connectivity index is 1.97. The number of fused-ring (bicyclic) bond motifs is 1. The molecule has 0 bridgehead atoms. The van der Waals surface area contributed by atoms with Crippen LogP contribution < -0.4 is 5.32 Å². The summed E-state index contributed by atoms with van der Waals surface area (Å²) in [7, 11) is 0. The lowest BCUT2D eigenvalue weighted by Gasteiger charge is -2.42. The molecule has 1 atom stereocenters. The second-order valence-corrected chi connectivity index (χ2v) is 11.1. The minimum Gasteiger partial charge on any atom is -0.463 e. The summed E-state index contributed by atoms with van der Waals surface area (Å²) >= 11 is 0. The van der Waals surface area contributed by atoms with E-state index >= 15 is 0 Å². The first-order valence-electron chi connectivity index (χ1n) is 13.7. The molecular formula is C32H40N2O6. The summed E-state index contributed by atoms with van der Waals surface area (Å²) in [6, 6.07) is 12.3. The van der Waals surface area contributed by atoms with Crippen molar-refractivity contribution in [3.63, 3.8) is 0 Å². The molecule has 0 saturated heterocycles. The third-order valence-corrected chi connectivity index (χ3v) is 7.24. The van der Waals surface area contributed by atoms with Gasteiger partial charge in [-0.15, -0.1) is 0 Å². The van der Waals surface area contributed by atoms with Crippen LogP contribution in [0.1, 0.15) is 87.9 Å². The number of oxime groups is 1. The number of esters is 2. The lowest BCUT2D eigenvalue weighted by Crippen LogP contribution is -2.34. The number of anilines is 1. The summed E-state index contributed by atoms with van der Waals surface area (Å²) in [5.74, 6) is -1.55. The molecule has 0 spiro atoms. The second-order valence-electron chi connectivity index (χ2n) is 11.1. The lowest BCUT2D eigenvalue weighted by atomic mass is 9.63. The number of hydrogen-bond donors (Lipinski definition) is 1. The molecule has 1 aliphatic rings. The molecular weight excluding hydrogens is 508 g/mol. The Labute approximate surface area is 236 Å². The highest BCUT2D eigenvalue weighted by molar-refractivity contribution is 6.48. The molecule has 8 heteroatoms. The Hall–Kier alpha value is -3.94. The summed E-state index contributed by atoms with van der Waals surface area (Å²) in [5, 5.41) is 7.03. The molecule has 2 aromatic carbocycles. The first kappa shape index (κ1) is 30.6. The van der Waals surface area contributed by atoms with E-state index in [1.807, 2.05) is 12.1 Å². The van der Waals surface area contributed by atoms with E-state index in [-0.39, 0.29) is 29.8 Å². The van der Waals surface area contributed by atoms with E-state index in [0.717, 1.165) is 18.4 Å². The van der Waals surface area contributed by atoms with Crippen molar-refractivity contribution >= 4 is 29.2 Å². The third kappa shape index (κ3) is 7.17. The molecule has 0 saturated carbocycles. The molecule has 8 nitrogen and oxygen atoms in total. The maximum absolute atomic E-state index is 13.6. The highest BCUT2D eigenvalue weighted by atomic mass is 16.7. The summed E-state index contributed by atoms with van der Waals surface area (Å²) < 4.78 is 10.1. The van der Waals surface area contributed by atoms with Crippen LogP contribution in [0.4, 0.5) is 5.69 Å².